The van der Waals surface area contributed by atoms with E-state index in [1.54, 1.807) is 18.2 Å². The summed E-state index contributed by atoms with van der Waals surface area (Å²) in [5.74, 6) is -0.636. The Kier molecular flexibility index (Phi) is 4.88. The zero-order chi connectivity index (χ0) is 14.9. The molecule has 0 aromatic heterocycles. The molecule has 0 radical (unpaired) electrons. The molecule has 0 aliphatic rings. The third kappa shape index (κ3) is 3.60. The van der Waals surface area contributed by atoms with E-state index in [2.05, 4.69) is 52.5 Å². The maximum Gasteiger partial charge on any atom is 0.262 e. The lowest BCUT2D eigenvalue weighted by atomic mass is 10.3. The Morgan fingerprint density at radius 1 is 0.950 bits per heavy atom. The summed E-state index contributed by atoms with van der Waals surface area (Å²) in [5, 5.41) is 0. The molecule has 106 valence electrons. The molecule has 3 nitrogen and oxygen atoms in total. The first-order chi connectivity index (χ1) is 9.29. The van der Waals surface area contributed by atoms with Gasteiger partial charge in [-0.05, 0) is 68.3 Å². The Morgan fingerprint density at radius 2 is 1.65 bits per heavy atom. The number of anilines is 1. The van der Waals surface area contributed by atoms with E-state index in [9.17, 15) is 12.8 Å². The summed E-state index contributed by atoms with van der Waals surface area (Å²) in [6, 6.07) is 8.63. The normalized spacial score (nSPS) is 11.4. The van der Waals surface area contributed by atoms with Crippen LogP contribution in [0.3, 0.4) is 0 Å². The van der Waals surface area contributed by atoms with E-state index in [1.165, 1.54) is 12.1 Å². The topological polar surface area (TPSA) is 46.2 Å². The lowest BCUT2D eigenvalue weighted by Gasteiger charge is -2.10. The summed E-state index contributed by atoms with van der Waals surface area (Å²) in [6.45, 7) is 0. The average molecular weight is 488 g/mol. The van der Waals surface area contributed by atoms with E-state index in [0.29, 0.717) is 10.2 Å². The zero-order valence-corrected chi connectivity index (χ0v) is 15.3. The highest BCUT2D eigenvalue weighted by atomic mass is 79.9. The maximum absolute atomic E-state index is 13.4. The molecular formula is C12H7Br3FNO2S. The van der Waals surface area contributed by atoms with Crippen molar-refractivity contribution in [2.45, 2.75) is 4.90 Å². The van der Waals surface area contributed by atoms with Gasteiger partial charge in [-0.3, -0.25) is 4.72 Å². The van der Waals surface area contributed by atoms with Gasteiger partial charge in [0.1, 0.15) is 5.82 Å². The van der Waals surface area contributed by atoms with Crippen molar-refractivity contribution >= 4 is 63.5 Å². The molecule has 0 aliphatic carbocycles. The molecule has 0 unspecified atom stereocenters. The van der Waals surface area contributed by atoms with Crippen LogP contribution in [0.4, 0.5) is 10.1 Å². The summed E-state index contributed by atoms with van der Waals surface area (Å²) in [6.07, 6.45) is 0. The lowest BCUT2D eigenvalue weighted by molar-refractivity contribution is 0.593. The number of hydrogen-bond acceptors (Lipinski definition) is 2. The first kappa shape index (κ1) is 15.9. The highest BCUT2D eigenvalue weighted by molar-refractivity contribution is 9.11. The van der Waals surface area contributed by atoms with E-state index in [1.807, 2.05) is 0 Å². The standard InChI is InChI=1S/C12H7Br3FNO2S/c13-7-1-4-12(10(15)5-7)17-20(18,19)8-2-3-9(14)11(16)6-8/h1-6,17H. The van der Waals surface area contributed by atoms with Gasteiger partial charge in [0.25, 0.3) is 10.0 Å². The average Bonchev–Trinajstić information content (AvgIpc) is 2.36. The maximum atomic E-state index is 13.4. The van der Waals surface area contributed by atoms with Crippen LogP contribution in [0.1, 0.15) is 0 Å². The van der Waals surface area contributed by atoms with Gasteiger partial charge in [-0.1, -0.05) is 15.9 Å². The Balaban J connectivity index is 2.38. The first-order valence-corrected chi connectivity index (χ1v) is 9.09. The molecule has 2 rings (SSSR count). The van der Waals surface area contributed by atoms with Gasteiger partial charge < -0.3 is 0 Å². The summed E-state index contributed by atoms with van der Waals surface area (Å²) in [5.41, 5.74) is 0.372. The number of hydrogen-bond donors (Lipinski definition) is 1. The van der Waals surface area contributed by atoms with Crippen LogP contribution in [-0.2, 0) is 10.0 Å². The molecule has 0 saturated carbocycles. The minimum atomic E-state index is -3.84. The van der Waals surface area contributed by atoms with E-state index < -0.39 is 15.8 Å². The molecule has 1 N–H and O–H groups in total. The largest absolute Gasteiger partial charge is 0.278 e. The first-order valence-electron chi connectivity index (χ1n) is 5.22. The van der Waals surface area contributed by atoms with Crippen LogP contribution < -0.4 is 4.72 Å². The van der Waals surface area contributed by atoms with Crippen molar-refractivity contribution < 1.29 is 12.8 Å². The van der Waals surface area contributed by atoms with Gasteiger partial charge in [-0.2, -0.15) is 0 Å². The highest BCUT2D eigenvalue weighted by Crippen LogP contribution is 2.28. The Bertz CT molecular complexity index is 765. The second-order valence-electron chi connectivity index (χ2n) is 3.81. The van der Waals surface area contributed by atoms with Gasteiger partial charge in [0.05, 0.1) is 15.1 Å². The molecule has 0 aliphatic heterocycles. The molecule has 0 atom stereocenters. The van der Waals surface area contributed by atoms with Crippen LogP contribution >= 0.6 is 47.8 Å². The van der Waals surface area contributed by atoms with Crippen molar-refractivity contribution in [2.75, 3.05) is 4.72 Å². The Labute approximate surface area is 141 Å². The van der Waals surface area contributed by atoms with Crippen molar-refractivity contribution in [3.63, 3.8) is 0 Å². The molecule has 2 aromatic carbocycles. The minimum absolute atomic E-state index is 0.145. The monoisotopic (exact) mass is 485 g/mol. The van der Waals surface area contributed by atoms with Gasteiger partial charge in [-0.25, -0.2) is 12.8 Å². The SMILES string of the molecule is O=S(=O)(Nc1ccc(Br)cc1Br)c1ccc(Br)c(F)c1. The molecule has 0 bridgehead atoms. The summed E-state index contributed by atoms with van der Waals surface area (Å²) < 4.78 is 41.8. The van der Waals surface area contributed by atoms with Crippen LogP contribution in [0.2, 0.25) is 0 Å². The molecular weight excluding hydrogens is 481 g/mol. The predicted octanol–water partition coefficient (Wildman–Crippen LogP) is 4.91. The highest BCUT2D eigenvalue weighted by Gasteiger charge is 2.17. The summed E-state index contributed by atoms with van der Waals surface area (Å²) in [7, 11) is -3.84. The van der Waals surface area contributed by atoms with Crippen LogP contribution in [0.25, 0.3) is 0 Å². The quantitative estimate of drug-likeness (QED) is 0.668. The van der Waals surface area contributed by atoms with Crippen molar-refractivity contribution in [3.05, 3.63) is 55.6 Å². The molecule has 0 heterocycles. The van der Waals surface area contributed by atoms with Crippen molar-refractivity contribution in [1.82, 2.24) is 0 Å². The van der Waals surface area contributed by atoms with Crippen molar-refractivity contribution in [3.8, 4) is 0 Å². The number of nitrogens with one attached hydrogen (secondary N) is 1. The summed E-state index contributed by atoms with van der Waals surface area (Å²) in [4.78, 5) is -0.145. The second kappa shape index (κ2) is 6.13. The van der Waals surface area contributed by atoms with Crippen LogP contribution in [0, 0.1) is 5.82 Å². The fraction of sp³-hybridized carbons (Fsp3) is 0. The molecule has 2 aromatic rings. The molecule has 20 heavy (non-hydrogen) atoms. The second-order valence-corrected chi connectivity index (χ2v) is 8.11. The smallest absolute Gasteiger partial charge is 0.262 e. The number of halogens is 4. The predicted molar refractivity (Wildman–Crippen MR) is 86.8 cm³/mol. The van der Waals surface area contributed by atoms with Gasteiger partial charge in [-0.15, -0.1) is 0 Å². The fourth-order valence-corrected chi connectivity index (χ4v) is 4.04. The van der Waals surface area contributed by atoms with Crippen molar-refractivity contribution in [1.29, 1.82) is 0 Å². The van der Waals surface area contributed by atoms with Gasteiger partial charge in [0, 0.05) is 8.95 Å². The number of benzene rings is 2. The summed E-state index contributed by atoms with van der Waals surface area (Å²) >= 11 is 9.52. The van der Waals surface area contributed by atoms with E-state index in [0.717, 1.165) is 10.5 Å². The molecule has 8 heteroatoms. The lowest BCUT2D eigenvalue weighted by Crippen LogP contribution is -2.13. The van der Waals surface area contributed by atoms with Gasteiger partial charge >= 0.3 is 0 Å². The number of rotatable bonds is 3. The van der Waals surface area contributed by atoms with Crippen LogP contribution in [0.15, 0.2) is 54.7 Å². The molecule has 0 amide bonds. The molecule has 0 spiro atoms. The van der Waals surface area contributed by atoms with Gasteiger partial charge in [0.15, 0.2) is 0 Å². The zero-order valence-electron chi connectivity index (χ0n) is 9.70. The van der Waals surface area contributed by atoms with Gasteiger partial charge in [0.2, 0.25) is 0 Å². The van der Waals surface area contributed by atoms with Crippen LogP contribution in [0.5, 0.6) is 0 Å². The molecule has 0 fully saturated rings. The van der Waals surface area contributed by atoms with Crippen LogP contribution in [-0.4, -0.2) is 8.42 Å². The van der Waals surface area contributed by atoms with E-state index >= 15 is 0 Å². The third-order valence-corrected chi connectivity index (χ3v) is 5.53. The fourth-order valence-electron chi connectivity index (χ4n) is 1.42. The minimum Gasteiger partial charge on any atom is -0.278 e. The third-order valence-electron chi connectivity index (χ3n) is 2.38. The van der Waals surface area contributed by atoms with E-state index in [-0.39, 0.29) is 9.37 Å². The molecule has 0 saturated heterocycles. The Morgan fingerprint density at radius 3 is 2.25 bits per heavy atom. The number of sulfonamides is 1. The Hall–Kier alpha value is -0.440. The van der Waals surface area contributed by atoms with E-state index in [4.69, 9.17) is 0 Å². The van der Waals surface area contributed by atoms with Crippen molar-refractivity contribution in [2.24, 2.45) is 0 Å².